The first-order valence-electron chi connectivity index (χ1n) is 34.2. The van der Waals surface area contributed by atoms with E-state index in [4.69, 9.17) is 59.0 Å². The predicted molar refractivity (Wildman–Crippen MR) is 372 cm³/mol. The molecule has 0 aliphatic heterocycles. The molecule has 0 heterocycles. The van der Waals surface area contributed by atoms with Crippen molar-refractivity contribution in [2.75, 3.05) is 282 Å². The lowest BCUT2D eigenvalue weighted by atomic mass is 10.1. The highest BCUT2D eigenvalue weighted by molar-refractivity contribution is 5.94. The summed E-state index contributed by atoms with van der Waals surface area (Å²) in [5.74, 6) is -6.37. The van der Waals surface area contributed by atoms with E-state index in [1.54, 1.807) is 0 Å². The maximum Gasteiger partial charge on any atom is 0.311 e. The third-order valence-electron chi connectivity index (χ3n) is 14.6. The minimum absolute atomic E-state index is 0.0881. The summed E-state index contributed by atoms with van der Waals surface area (Å²) in [6.07, 6.45) is 1.80. The van der Waals surface area contributed by atoms with Gasteiger partial charge in [0.1, 0.15) is 12.4 Å². The number of hydrogen-bond donors (Lipinski definition) is 0. The van der Waals surface area contributed by atoms with Crippen LogP contribution >= 0.6 is 0 Å². The summed E-state index contributed by atoms with van der Waals surface area (Å²) in [6, 6.07) is 5.27. The lowest BCUT2D eigenvalue weighted by molar-refractivity contribution is -0.384. The molecule has 0 aliphatic rings. The SMILES string of the molecule is CN(CC(=O)CCCCN=[N+]=[N-])C(=O)CN(C)C(=O)CN(C)C(=O)CN(C)C(=O)CN(C)C(=O)CN(C)C(=O)CN(C)C(=O)CN(C)C(=O)CN(C)C(=O)CN(C)C(=O)COCCOCCOCCOCCOCCOCCOCCOCCOCCOCCCC(=O)Oc1ccc([N+](=O)[O-])cc1.[2H]CF. The summed E-state index contributed by atoms with van der Waals surface area (Å²) >= 11 is 0. The number of Topliss-reactive ketones (excluding diaryl/α,β-unsaturated/α-hetero) is 1. The number of unbranched alkanes of at least 4 members (excludes halogenated alkanes) is 1. The number of non-ortho nitro benzene ring substituents is 1. The van der Waals surface area contributed by atoms with Gasteiger partial charge in [0.25, 0.3) is 5.69 Å². The number of nitro groups is 1. The number of nitro benzene ring substituents is 1. The molecule has 0 radical (unpaired) electrons. The molecule has 10 amide bonds. The van der Waals surface area contributed by atoms with Gasteiger partial charge < -0.3 is 101 Å². The molecule has 0 aliphatic carbocycles. The molecule has 0 saturated carbocycles. The Kier molecular flexibility index (Phi) is 53.5. The zero-order chi connectivity index (χ0) is 79.6. The summed E-state index contributed by atoms with van der Waals surface area (Å²) in [6.45, 7) is 2.46. The second kappa shape index (κ2) is 59.5. The normalized spacial score (nSPS) is 10.8. The molecule has 1 aromatic carbocycles. The summed E-state index contributed by atoms with van der Waals surface area (Å²) in [5, 5.41) is 14.1. The number of azide groups is 1. The molecular weight excluding hydrogens is 1400 g/mol. The van der Waals surface area contributed by atoms with Crippen LogP contribution in [0, 0.1) is 10.1 Å². The Balaban J connectivity index is 0.0000361. The van der Waals surface area contributed by atoms with Gasteiger partial charge in [-0.15, -0.1) is 0 Å². The number of likely N-dealkylation sites (N-methyl/N-ethyl adjacent to an activating group) is 10. The van der Waals surface area contributed by atoms with Crippen LogP contribution in [0.15, 0.2) is 29.4 Å². The van der Waals surface area contributed by atoms with Crippen LogP contribution in [0.1, 0.15) is 33.5 Å². The topological polar surface area (TPSA) is 431 Å². The number of alkyl halides is 1. The van der Waals surface area contributed by atoms with E-state index < -0.39 is 123 Å². The van der Waals surface area contributed by atoms with E-state index >= 15 is 0 Å². The number of carbonyl (C=O) groups excluding carboxylic acids is 12. The molecule has 105 heavy (non-hydrogen) atoms. The third kappa shape index (κ3) is 48.1. The second-order valence-electron chi connectivity index (χ2n) is 23.3. The molecular formula is C65H109FN14O25. The molecule has 0 aromatic heterocycles. The van der Waals surface area contributed by atoms with Gasteiger partial charge in [0.2, 0.25) is 59.1 Å². The van der Waals surface area contributed by atoms with E-state index in [1.165, 1.54) is 99.6 Å². The Bertz CT molecular complexity index is 2860. The van der Waals surface area contributed by atoms with Gasteiger partial charge in [-0.2, -0.15) is 0 Å². The molecule has 1 aromatic rings. The van der Waals surface area contributed by atoms with Crippen LogP contribution in [-0.4, -0.2) is 407 Å². The van der Waals surface area contributed by atoms with Gasteiger partial charge in [-0.1, -0.05) is 5.11 Å². The standard InChI is InChI=1S/C64H106N14O25.CH3F/c1-68(40-52(79)14-11-12-20-66-67-65)54(80)41-69(2)55(81)42-70(3)56(82)43-71(4)57(83)44-72(5)58(84)45-73(6)59(85)46-74(7)60(86)47-75(8)61(87)48-76(9)62(88)49-77(10)63(89)50-102-39-38-101-37-36-100-35-34-99-33-32-98-31-30-97-29-28-96-27-26-95-25-24-94-23-22-93-21-13-15-64(90)103-53-18-16-51(17-19-53)78(91)92;1-2/h16-19H,11-15,20-50H2,1-10H3;1H3/i;1D. The quantitative estimate of drug-likeness (QED) is 0.0106. The molecule has 0 N–H and O–H groups in total. The average Bonchev–Trinajstić information content (AvgIpc) is 0.912. The van der Waals surface area contributed by atoms with Crippen LogP contribution in [-0.2, 0) is 105 Å². The van der Waals surface area contributed by atoms with E-state index in [9.17, 15) is 72.0 Å². The van der Waals surface area contributed by atoms with E-state index in [0.717, 1.165) is 44.1 Å². The number of amides is 10. The minimum atomic E-state index is -1.00. The number of nitrogens with zero attached hydrogens (tertiary/aromatic N) is 14. The van der Waals surface area contributed by atoms with Crippen molar-refractivity contribution < 1.29 is 120 Å². The number of carbonyl (C=O) groups is 12. The third-order valence-corrected chi connectivity index (χ3v) is 14.6. The molecule has 0 spiro atoms. The van der Waals surface area contributed by atoms with Crippen LogP contribution in [0.25, 0.3) is 10.4 Å². The lowest BCUT2D eigenvalue weighted by Gasteiger charge is -2.27. The Labute approximate surface area is 613 Å². The molecule has 0 saturated heterocycles. The number of ether oxygens (including phenoxy) is 11. The van der Waals surface area contributed by atoms with Crippen molar-refractivity contribution >= 4 is 76.5 Å². The maximum absolute atomic E-state index is 13.1. The van der Waals surface area contributed by atoms with Crippen LogP contribution < -0.4 is 4.74 Å². The first kappa shape index (κ1) is 94.3. The van der Waals surface area contributed by atoms with Gasteiger partial charge in [0.05, 0.1) is 198 Å². The highest BCUT2D eigenvalue weighted by atomic mass is 19.1. The fraction of sp³-hybridized carbons (Fsp3) is 0.723. The van der Waals surface area contributed by atoms with Gasteiger partial charge in [-0.25, -0.2) is 0 Å². The molecule has 0 atom stereocenters. The summed E-state index contributed by atoms with van der Waals surface area (Å²) in [4.78, 5) is 177. The zero-order valence-corrected chi connectivity index (χ0v) is 62.3. The van der Waals surface area contributed by atoms with Crippen LogP contribution in [0.2, 0.25) is 0 Å². The predicted octanol–water partition coefficient (Wildman–Crippen LogP) is -1.33. The smallest absolute Gasteiger partial charge is 0.311 e. The van der Waals surface area contributed by atoms with Gasteiger partial charge in [-0.05, 0) is 36.9 Å². The van der Waals surface area contributed by atoms with Crippen molar-refractivity contribution in [2.24, 2.45) is 5.11 Å². The Morgan fingerprint density at radius 1 is 0.390 bits per heavy atom. The summed E-state index contributed by atoms with van der Waals surface area (Å²) in [7, 11) is 12.5. The van der Waals surface area contributed by atoms with Crippen molar-refractivity contribution in [3.8, 4) is 5.75 Å². The lowest BCUT2D eigenvalue weighted by Crippen LogP contribution is -2.49. The number of benzene rings is 1. The average molecular weight is 1510 g/mol. The van der Waals surface area contributed by atoms with E-state index in [0.29, 0.717) is 125 Å². The van der Waals surface area contributed by atoms with Gasteiger partial charge in [0, 0.05) is 114 Å². The van der Waals surface area contributed by atoms with Crippen molar-refractivity contribution in [1.29, 1.82) is 0 Å². The van der Waals surface area contributed by atoms with E-state index in [-0.39, 0.29) is 82.7 Å². The van der Waals surface area contributed by atoms with Crippen molar-refractivity contribution in [2.45, 2.75) is 32.1 Å². The number of halogens is 1. The first-order valence-corrected chi connectivity index (χ1v) is 33.5. The second-order valence-corrected chi connectivity index (χ2v) is 23.3. The molecule has 0 unspecified atom stereocenters. The summed E-state index contributed by atoms with van der Waals surface area (Å²) < 4.78 is 75.3. The number of ketones is 1. The fourth-order valence-electron chi connectivity index (χ4n) is 8.07. The zero-order valence-electron chi connectivity index (χ0n) is 63.3. The van der Waals surface area contributed by atoms with Crippen LogP contribution in [0.3, 0.4) is 0 Å². The minimum Gasteiger partial charge on any atom is -0.427 e. The maximum atomic E-state index is 13.1. The molecule has 0 fully saturated rings. The molecule has 40 heteroatoms. The highest BCUT2D eigenvalue weighted by Gasteiger charge is 2.27. The number of hydrogen-bond acceptors (Lipinski definition) is 26. The van der Waals surface area contributed by atoms with Crippen LogP contribution in [0.5, 0.6) is 5.75 Å². The first-order chi connectivity index (χ1) is 50.5. The molecule has 596 valence electrons. The summed E-state index contributed by atoms with van der Waals surface area (Å²) in [5.41, 5.74) is 8.25. The van der Waals surface area contributed by atoms with Crippen molar-refractivity contribution in [3.05, 3.63) is 44.8 Å². The number of esters is 1. The molecule has 1 rings (SSSR count). The molecule has 39 nitrogen and oxygen atoms in total. The van der Waals surface area contributed by atoms with Gasteiger partial charge >= 0.3 is 5.97 Å². The Hall–Kier alpha value is -8.70. The van der Waals surface area contributed by atoms with Gasteiger partial charge in [0.15, 0.2) is 5.78 Å². The largest absolute Gasteiger partial charge is 0.427 e. The van der Waals surface area contributed by atoms with Crippen LogP contribution in [0.4, 0.5) is 10.1 Å². The van der Waals surface area contributed by atoms with Crippen molar-refractivity contribution in [1.82, 2.24) is 49.0 Å². The van der Waals surface area contributed by atoms with E-state index in [2.05, 4.69) is 10.0 Å². The van der Waals surface area contributed by atoms with Gasteiger partial charge in [-0.3, -0.25) is 72.0 Å². The van der Waals surface area contributed by atoms with E-state index in [1.807, 2.05) is 0 Å². The Morgan fingerprint density at radius 3 is 0.905 bits per heavy atom. The fourth-order valence-corrected chi connectivity index (χ4v) is 8.07. The van der Waals surface area contributed by atoms with Crippen molar-refractivity contribution in [3.63, 3.8) is 0 Å². The number of rotatable bonds is 60. The Morgan fingerprint density at radius 2 is 0.638 bits per heavy atom. The monoisotopic (exact) mass is 1510 g/mol. The molecule has 0 bridgehead atoms. The highest BCUT2D eigenvalue weighted by Crippen LogP contribution is 2.18.